The Morgan fingerprint density at radius 3 is 2.48 bits per heavy atom. The Balaban J connectivity index is 1.43. The third kappa shape index (κ3) is 3.76. The van der Waals surface area contributed by atoms with Crippen molar-refractivity contribution in [3.05, 3.63) is 0 Å². The molecule has 3 saturated heterocycles. The summed E-state index contributed by atoms with van der Waals surface area (Å²) in [6.45, 7) is 1.59. The van der Waals surface area contributed by atoms with Crippen molar-refractivity contribution < 1.29 is 14.7 Å². The second-order valence-electron chi connectivity index (χ2n) is 7.11. The molecule has 0 spiro atoms. The van der Waals surface area contributed by atoms with E-state index in [9.17, 15) is 9.59 Å². The molecule has 21 heavy (non-hydrogen) atoms. The van der Waals surface area contributed by atoms with Gasteiger partial charge in [-0.25, -0.2) is 0 Å². The largest absolute Gasteiger partial charge is 0.481 e. The lowest BCUT2D eigenvalue weighted by Gasteiger charge is -2.30. The lowest BCUT2D eigenvalue weighted by molar-refractivity contribution is -0.137. The first-order valence-electron chi connectivity index (χ1n) is 8.35. The number of amides is 1. The van der Waals surface area contributed by atoms with E-state index in [-0.39, 0.29) is 6.42 Å². The van der Waals surface area contributed by atoms with E-state index in [4.69, 9.17) is 5.11 Å². The van der Waals surface area contributed by atoms with E-state index in [0.717, 1.165) is 32.4 Å². The number of nitrogens with zero attached hydrogens (tertiary/aromatic N) is 1. The predicted molar refractivity (Wildman–Crippen MR) is 78.8 cm³/mol. The van der Waals surface area contributed by atoms with E-state index < -0.39 is 5.97 Å². The quantitative estimate of drug-likeness (QED) is 0.808. The lowest BCUT2D eigenvalue weighted by Crippen LogP contribution is -2.40. The van der Waals surface area contributed by atoms with E-state index >= 15 is 0 Å². The number of hydrogen-bond acceptors (Lipinski definition) is 3. The number of nitrogens with one attached hydrogen (secondary N) is 1. The summed E-state index contributed by atoms with van der Waals surface area (Å²) < 4.78 is 0. The smallest absolute Gasteiger partial charge is 0.303 e. The zero-order valence-electron chi connectivity index (χ0n) is 12.6. The van der Waals surface area contributed by atoms with Gasteiger partial charge >= 0.3 is 5.97 Å². The van der Waals surface area contributed by atoms with Crippen LogP contribution in [0, 0.1) is 11.8 Å². The fourth-order valence-electron chi connectivity index (χ4n) is 4.34. The van der Waals surface area contributed by atoms with Gasteiger partial charge in [-0.1, -0.05) is 0 Å². The number of carboxylic acids is 1. The molecule has 2 N–H and O–H groups in total. The van der Waals surface area contributed by atoms with Crippen LogP contribution in [0.2, 0.25) is 0 Å². The van der Waals surface area contributed by atoms with Gasteiger partial charge in [0.05, 0.1) is 0 Å². The highest BCUT2D eigenvalue weighted by molar-refractivity contribution is 5.76. The monoisotopic (exact) mass is 294 g/mol. The van der Waals surface area contributed by atoms with E-state index in [2.05, 4.69) is 5.32 Å². The number of rotatable bonds is 5. The van der Waals surface area contributed by atoms with Gasteiger partial charge in [-0.2, -0.15) is 0 Å². The minimum atomic E-state index is -0.732. The van der Waals surface area contributed by atoms with Crippen LogP contribution in [0.1, 0.15) is 51.4 Å². The molecule has 3 fully saturated rings. The van der Waals surface area contributed by atoms with Crippen LogP contribution in [0.4, 0.5) is 0 Å². The third-order valence-electron chi connectivity index (χ3n) is 5.44. The van der Waals surface area contributed by atoms with Crippen LogP contribution in [-0.2, 0) is 9.59 Å². The van der Waals surface area contributed by atoms with Crippen LogP contribution < -0.4 is 5.32 Å². The summed E-state index contributed by atoms with van der Waals surface area (Å²) >= 11 is 0. The number of aliphatic carboxylic acids is 1. The molecule has 0 aromatic rings. The normalized spacial score (nSPS) is 35.1. The number of fused-ring (bicyclic) bond motifs is 2. The summed E-state index contributed by atoms with van der Waals surface area (Å²) in [5, 5.41) is 12.4. The van der Waals surface area contributed by atoms with Gasteiger partial charge in [0.2, 0.25) is 5.91 Å². The third-order valence-corrected chi connectivity index (χ3v) is 5.44. The Hall–Kier alpha value is -1.10. The Bertz CT molecular complexity index is 400. The van der Waals surface area contributed by atoms with Crippen molar-refractivity contribution >= 4 is 11.9 Å². The van der Waals surface area contributed by atoms with Gasteiger partial charge in [0, 0.05) is 38.0 Å². The Labute approximate surface area is 126 Å². The standard InChI is InChI=1S/C16H26N2O3/c19-15(9-12-7-13-2-3-14(8-12)17-13)18-6-5-11(10-18)1-4-16(20)21/h11-14,17H,1-10H2,(H,20,21). The highest BCUT2D eigenvalue weighted by Crippen LogP contribution is 2.33. The van der Waals surface area contributed by atoms with E-state index in [1.807, 2.05) is 4.90 Å². The summed E-state index contributed by atoms with van der Waals surface area (Å²) in [6, 6.07) is 1.28. The number of carbonyl (C=O) groups excluding carboxylic acids is 1. The second kappa shape index (κ2) is 6.34. The maximum Gasteiger partial charge on any atom is 0.303 e. The molecule has 3 rings (SSSR count). The lowest BCUT2D eigenvalue weighted by atomic mass is 9.89. The van der Waals surface area contributed by atoms with Crippen LogP contribution in [0.3, 0.4) is 0 Å². The van der Waals surface area contributed by atoms with Gasteiger partial charge in [-0.05, 0) is 50.4 Å². The Morgan fingerprint density at radius 1 is 1.10 bits per heavy atom. The van der Waals surface area contributed by atoms with Crippen LogP contribution in [0.5, 0.6) is 0 Å². The number of carboxylic acid groups (broad SMARTS) is 1. The predicted octanol–water partition coefficient (Wildman–Crippen LogP) is 1.62. The summed E-state index contributed by atoms with van der Waals surface area (Å²) in [5.41, 5.74) is 0. The van der Waals surface area contributed by atoms with Gasteiger partial charge in [-0.3, -0.25) is 9.59 Å². The van der Waals surface area contributed by atoms with Gasteiger partial charge in [0.25, 0.3) is 0 Å². The molecule has 0 aliphatic carbocycles. The number of carbonyl (C=O) groups is 2. The van der Waals surface area contributed by atoms with Crippen LogP contribution in [0.15, 0.2) is 0 Å². The molecule has 0 aromatic carbocycles. The van der Waals surface area contributed by atoms with Gasteiger partial charge in [-0.15, -0.1) is 0 Å². The number of hydrogen-bond donors (Lipinski definition) is 2. The first kappa shape index (κ1) is 14.8. The summed E-state index contributed by atoms with van der Waals surface area (Å²) in [6.07, 6.45) is 7.45. The molecular formula is C16H26N2O3. The minimum absolute atomic E-state index is 0.227. The van der Waals surface area contributed by atoms with Crippen LogP contribution >= 0.6 is 0 Å². The molecule has 0 aromatic heterocycles. The molecule has 1 amide bonds. The Morgan fingerprint density at radius 2 is 1.81 bits per heavy atom. The van der Waals surface area contributed by atoms with Crippen LogP contribution in [-0.4, -0.2) is 47.1 Å². The van der Waals surface area contributed by atoms with Crippen molar-refractivity contribution in [2.75, 3.05) is 13.1 Å². The summed E-state index contributed by atoms with van der Waals surface area (Å²) in [4.78, 5) is 25.0. The molecule has 3 aliphatic heterocycles. The average molecular weight is 294 g/mol. The molecule has 2 bridgehead atoms. The molecule has 118 valence electrons. The zero-order valence-corrected chi connectivity index (χ0v) is 12.6. The van der Waals surface area contributed by atoms with Crippen molar-refractivity contribution in [1.82, 2.24) is 10.2 Å². The fourth-order valence-corrected chi connectivity index (χ4v) is 4.34. The molecule has 3 unspecified atom stereocenters. The van der Waals surface area contributed by atoms with Crippen LogP contribution in [0.25, 0.3) is 0 Å². The molecular weight excluding hydrogens is 268 g/mol. The van der Waals surface area contributed by atoms with E-state index in [1.165, 1.54) is 12.8 Å². The maximum absolute atomic E-state index is 12.4. The summed E-state index contributed by atoms with van der Waals surface area (Å²) in [5.74, 6) is 0.493. The topological polar surface area (TPSA) is 69.6 Å². The van der Waals surface area contributed by atoms with Crippen molar-refractivity contribution in [2.45, 2.75) is 63.5 Å². The van der Waals surface area contributed by atoms with Gasteiger partial charge in [0.1, 0.15) is 0 Å². The van der Waals surface area contributed by atoms with E-state index in [1.54, 1.807) is 0 Å². The highest BCUT2D eigenvalue weighted by atomic mass is 16.4. The van der Waals surface area contributed by atoms with Crippen molar-refractivity contribution in [3.63, 3.8) is 0 Å². The molecule has 3 heterocycles. The number of likely N-dealkylation sites (tertiary alicyclic amines) is 1. The molecule has 3 aliphatic rings. The molecule has 5 nitrogen and oxygen atoms in total. The van der Waals surface area contributed by atoms with Gasteiger partial charge < -0.3 is 15.3 Å². The maximum atomic E-state index is 12.4. The first-order valence-corrected chi connectivity index (χ1v) is 8.35. The zero-order chi connectivity index (χ0) is 14.8. The summed E-state index contributed by atoms with van der Waals surface area (Å²) in [7, 11) is 0. The SMILES string of the molecule is O=C(O)CCC1CCN(C(=O)CC2CC3CCC(C2)N3)C1. The van der Waals surface area contributed by atoms with Gasteiger partial charge in [0.15, 0.2) is 0 Å². The first-order chi connectivity index (χ1) is 10.1. The minimum Gasteiger partial charge on any atom is -0.481 e. The fraction of sp³-hybridized carbons (Fsp3) is 0.875. The van der Waals surface area contributed by atoms with Crippen molar-refractivity contribution in [3.8, 4) is 0 Å². The van der Waals surface area contributed by atoms with E-state index in [0.29, 0.717) is 42.7 Å². The number of piperidine rings is 1. The van der Waals surface area contributed by atoms with Crippen molar-refractivity contribution in [2.24, 2.45) is 11.8 Å². The second-order valence-corrected chi connectivity index (χ2v) is 7.11. The Kier molecular flexibility index (Phi) is 4.48. The highest BCUT2D eigenvalue weighted by Gasteiger charge is 2.35. The molecule has 5 heteroatoms. The average Bonchev–Trinajstić information content (AvgIpc) is 3.03. The molecule has 0 radical (unpaired) electrons. The van der Waals surface area contributed by atoms with Crippen molar-refractivity contribution in [1.29, 1.82) is 0 Å². The molecule has 0 saturated carbocycles. The molecule has 3 atom stereocenters.